The van der Waals surface area contributed by atoms with Gasteiger partial charge in [0.1, 0.15) is 0 Å². The van der Waals surface area contributed by atoms with E-state index in [2.05, 4.69) is 12.0 Å². The summed E-state index contributed by atoms with van der Waals surface area (Å²) >= 11 is 0. The summed E-state index contributed by atoms with van der Waals surface area (Å²) in [4.78, 5) is 0. The predicted molar refractivity (Wildman–Crippen MR) is 103 cm³/mol. The molecule has 0 spiro atoms. The summed E-state index contributed by atoms with van der Waals surface area (Å²) in [5.41, 5.74) is 3.72. The van der Waals surface area contributed by atoms with Crippen LogP contribution < -0.4 is 0 Å². The topological polar surface area (TPSA) is 58.3 Å². The molecule has 4 nitrogen and oxygen atoms in total. The van der Waals surface area contributed by atoms with E-state index in [0.717, 1.165) is 35.4 Å². The van der Waals surface area contributed by atoms with Gasteiger partial charge in [-0.25, -0.2) is 0 Å². The number of aliphatic hydroxyl groups is 2. The fourth-order valence-corrected chi connectivity index (χ4v) is 3.17. The molecule has 3 rings (SSSR count). The van der Waals surface area contributed by atoms with Gasteiger partial charge in [-0.05, 0) is 23.6 Å². The van der Waals surface area contributed by atoms with Gasteiger partial charge in [-0.15, -0.1) is 0 Å². The maximum Gasteiger partial charge on any atom is 0.0985 e. The highest BCUT2D eigenvalue weighted by molar-refractivity contribution is 5.21. The van der Waals surface area contributed by atoms with Crippen molar-refractivity contribution in [3.63, 3.8) is 0 Å². The first-order valence-electron chi connectivity index (χ1n) is 9.19. The van der Waals surface area contributed by atoms with Crippen molar-refractivity contribution >= 4 is 0 Å². The summed E-state index contributed by atoms with van der Waals surface area (Å²) in [7, 11) is 0. The zero-order valence-electron chi connectivity index (χ0n) is 15.1. The van der Waals surface area contributed by atoms with Crippen LogP contribution in [0, 0.1) is 0 Å². The molecule has 0 fully saturated rings. The van der Waals surface area contributed by atoms with Crippen LogP contribution in [0.2, 0.25) is 0 Å². The van der Waals surface area contributed by atoms with Crippen LogP contribution >= 0.6 is 0 Å². The molecule has 0 saturated carbocycles. The number of aliphatic hydroxyl groups excluding tert-OH is 2. The van der Waals surface area contributed by atoms with Gasteiger partial charge in [-0.2, -0.15) is 5.10 Å². The van der Waals surface area contributed by atoms with Gasteiger partial charge in [0.05, 0.1) is 24.4 Å². The number of nitrogens with zero attached hydrogens (tertiary/aromatic N) is 2. The Hall–Kier alpha value is -2.43. The van der Waals surface area contributed by atoms with Gasteiger partial charge in [0.15, 0.2) is 0 Å². The van der Waals surface area contributed by atoms with Gasteiger partial charge >= 0.3 is 0 Å². The molecule has 0 aliphatic carbocycles. The Bertz CT molecular complexity index is 800. The minimum atomic E-state index is -0.599. The number of aromatic nitrogens is 2. The fraction of sp³-hybridized carbons (Fsp3) is 0.318. The third-order valence-corrected chi connectivity index (χ3v) is 4.54. The standard InChI is InChI=1S/C22H26N2O2/c1-2-9-20-14-19(15-21(25)17-10-5-3-6-11-17)23-24(20)16-22(26)18-12-7-4-8-13-18/h3-8,10-14,21-22,25-26H,2,9,15-16H2,1H3. The van der Waals surface area contributed by atoms with Crippen molar-refractivity contribution < 1.29 is 10.2 Å². The van der Waals surface area contributed by atoms with Crippen LogP contribution in [0.5, 0.6) is 0 Å². The van der Waals surface area contributed by atoms with Gasteiger partial charge in [0.25, 0.3) is 0 Å². The highest BCUT2D eigenvalue weighted by Gasteiger charge is 2.16. The van der Waals surface area contributed by atoms with Crippen LogP contribution in [-0.2, 0) is 19.4 Å². The molecule has 1 heterocycles. The summed E-state index contributed by atoms with van der Waals surface area (Å²) in [5.74, 6) is 0. The molecule has 136 valence electrons. The van der Waals surface area contributed by atoms with Crippen molar-refractivity contribution in [2.24, 2.45) is 0 Å². The van der Waals surface area contributed by atoms with Crippen molar-refractivity contribution in [3.05, 3.63) is 89.2 Å². The maximum atomic E-state index is 10.5. The van der Waals surface area contributed by atoms with Crippen LogP contribution in [0.15, 0.2) is 66.7 Å². The first-order chi connectivity index (χ1) is 12.7. The van der Waals surface area contributed by atoms with E-state index in [9.17, 15) is 10.2 Å². The van der Waals surface area contributed by atoms with Gasteiger partial charge < -0.3 is 10.2 Å². The van der Waals surface area contributed by atoms with Gasteiger partial charge in [-0.3, -0.25) is 4.68 Å². The molecular weight excluding hydrogens is 324 g/mol. The second kappa shape index (κ2) is 8.79. The first kappa shape index (κ1) is 18.4. The Morgan fingerprint density at radius 3 is 2.04 bits per heavy atom. The van der Waals surface area contributed by atoms with Crippen LogP contribution in [0.3, 0.4) is 0 Å². The van der Waals surface area contributed by atoms with Gasteiger partial charge in [-0.1, -0.05) is 74.0 Å². The van der Waals surface area contributed by atoms with E-state index in [1.165, 1.54) is 0 Å². The minimum absolute atomic E-state index is 0.417. The Morgan fingerprint density at radius 1 is 0.885 bits per heavy atom. The Morgan fingerprint density at radius 2 is 1.46 bits per heavy atom. The van der Waals surface area contributed by atoms with Gasteiger partial charge in [0.2, 0.25) is 0 Å². The van der Waals surface area contributed by atoms with Crippen LogP contribution in [-0.4, -0.2) is 20.0 Å². The lowest BCUT2D eigenvalue weighted by molar-refractivity contribution is 0.149. The average molecular weight is 350 g/mol. The minimum Gasteiger partial charge on any atom is -0.388 e. The van der Waals surface area contributed by atoms with E-state index < -0.39 is 12.2 Å². The van der Waals surface area contributed by atoms with Gasteiger partial charge in [0, 0.05) is 12.1 Å². The van der Waals surface area contributed by atoms with Crippen molar-refractivity contribution in [1.82, 2.24) is 9.78 Å². The maximum absolute atomic E-state index is 10.5. The zero-order chi connectivity index (χ0) is 18.4. The summed E-state index contributed by atoms with van der Waals surface area (Å²) in [5, 5.41) is 25.6. The van der Waals surface area contributed by atoms with Crippen molar-refractivity contribution in [1.29, 1.82) is 0 Å². The number of hydrogen-bond acceptors (Lipinski definition) is 3. The van der Waals surface area contributed by atoms with E-state index >= 15 is 0 Å². The fourth-order valence-electron chi connectivity index (χ4n) is 3.17. The smallest absolute Gasteiger partial charge is 0.0985 e. The van der Waals surface area contributed by atoms with Crippen molar-refractivity contribution in [2.75, 3.05) is 0 Å². The quantitative estimate of drug-likeness (QED) is 0.649. The largest absolute Gasteiger partial charge is 0.388 e. The lowest BCUT2D eigenvalue weighted by Crippen LogP contribution is -2.13. The molecule has 0 radical (unpaired) electrons. The molecule has 0 aliphatic heterocycles. The predicted octanol–water partition coefficient (Wildman–Crippen LogP) is 3.85. The molecule has 2 unspecified atom stereocenters. The number of rotatable bonds is 8. The van der Waals surface area contributed by atoms with E-state index in [4.69, 9.17) is 0 Å². The highest BCUT2D eigenvalue weighted by atomic mass is 16.3. The Labute approximate surface area is 154 Å². The molecule has 0 amide bonds. The summed E-state index contributed by atoms with van der Waals surface area (Å²) in [6.07, 6.45) is 1.20. The van der Waals surface area contributed by atoms with E-state index in [1.54, 1.807) is 0 Å². The SMILES string of the molecule is CCCc1cc(CC(O)c2ccccc2)nn1CC(O)c1ccccc1. The van der Waals surface area contributed by atoms with Crippen molar-refractivity contribution in [2.45, 2.75) is 44.9 Å². The molecule has 0 aliphatic rings. The normalized spacial score (nSPS) is 13.5. The molecule has 3 aromatic rings. The first-order valence-corrected chi connectivity index (χ1v) is 9.19. The number of hydrogen-bond donors (Lipinski definition) is 2. The number of benzene rings is 2. The second-order valence-corrected chi connectivity index (χ2v) is 6.62. The zero-order valence-corrected chi connectivity index (χ0v) is 15.1. The molecule has 0 bridgehead atoms. The average Bonchev–Trinajstić information content (AvgIpc) is 3.04. The molecular formula is C22H26N2O2. The molecule has 4 heteroatoms. The second-order valence-electron chi connectivity index (χ2n) is 6.62. The molecule has 2 atom stereocenters. The summed E-state index contributed by atoms with van der Waals surface area (Å²) in [6, 6.07) is 21.3. The monoisotopic (exact) mass is 350 g/mol. The molecule has 2 aromatic carbocycles. The molecule has 26 heavy (non-hydrogen) atoms. The third kappa shape index (κ3) is 4.59. The van der Waals surface area contributed by atoms with Crippen LogP contribution in [0.4, 0.5) is 0 Å². The third-order valence-electron chi connectivity index (χ3n) is 4.54. The molecule has 2 N–H and O–H groups in total. The lowest BCUT2D eigenvalue weighted by atomic mass is 10.0. The Balaban J connectivity index is 1.75. The Kier molecular flexibility index (Phi) is 6.21. The van der Waals surface area contributed by atoms with Crippen molar-refractivity contribution in [3.8, 4) is 0 Å². The van der Waals surface area contributed by atoms with Crippen LogP contribution in [0.1, 0.15) is 48.1 Å². The summed E-state index contributed by atoms with van der Waals surface area (Å²) < 4.78 is 1.88. The lowest BCUT2D eigenvalue weighted by Gasteiger charge is -2.13. The van der Waals surface area contributed by atoms with E-state index in [-0.39, 0.29) is 0 Å². The molecule has 1 aromatic heterocycles. The number of aryl methyl sites for hydroxylation is 1. The molecule has 0 saturated heterocycles. The van der Waals surface area contributed by atoms with E-state index in [0.29, 0.717) is 13.0 Å². The summed E-state index contributed by atoms with van der Waals surface area (Å²) in [6.45, 7) is 2.55. The van der Waals surface area contributed by atoms with Crippen LogP contribution in [0.25, 0.3) is 0 Å². The highest BCUT2D eigenvalue weighted by Crippen LogP contribution is 2.21. The van der Waals surface area contributed by atoms with E-state index in [1.807, 2.05) is 71.4 Å².